The van der Waals surface area contributed by atoms with Crippen LogP contribution in [0.25, 0.3) is 0 Å². The average Bonchev–Trinajstić information content (AvgIpc) is 2.44. The Hall–Kier alpha value is -0.550. The zero-order valence-electron chi connectivity index (χ0n) is 9.80. The van der Waals surface area contributed by atoms with Crippen molar-refractivity contribution in [2.75, 3.05) is 0 Å². The van der Waals surface area contributed by atoms with Crippen molar-refractivity contribution in [3.05, 3.63) is 0 Å². The second kappa shape index (κ2) is 4.31. The lowest BCUT2D eigenvalue weighted by Gasteiger charge is -2.22. The first-order valence-corrected chi connectivity index (χ1v) is 5.60. The maximum Gasteiger partial charge on any atom is 0.0669 e. The second-order valence-corrected chi connectivity index (χ2v) is 5.48. The third-order valence-electron chi connectivity index (χ3n) is 3.42. The summed E-state index contributed by atoms with van der Waals surface area (Å²) in [4.78, 5) is 0. The van der Waals surface area contributed by atoms with Crippen LogP contribution in [0.5, 0.6) is 0 Å². The third kappa shape index (κ3) is 2.99. The van der Waals surface area contributed by atoms with Gasteiger partial charge in [-0.05, 0) is 38.5 Å². The largest absolute Gasteiger partial charge is 0.310 e. The molecule has 1 rings (SSSR count). The molecule has 1 saturated carbocycles. The Morgan fingerprint density at radius 1 is 1.43 bits per heavy atom. The van der Waals surface area contributed by atoms with Crippen molar-refractivity contribution in [3.63, 3.8) is 0 Å². The number of rotatable bonds is 3. The van der Waals surface area contributed by atoms with Gasteiger partial charge in [0.2, 0.25) is 0 Å². The zero-order chi connectivity index (χ0) is 10.8. The van der Waals surface area contributed by atoms with E-state index in [4.69, 9.17) is 5.26 Å². The van der Waals surface area contributed by atoms with Gasteiger partial charge in [-0.2, -0.15) is 5.26 Å². The topological polar surface area (TPSA) is 35.8 Å². The molecule has 80 valence electrons. The van der Waals surface area contributed by atoms with Crippen molar-refractivity contribution in [1.29, 1.82) is 5.26 Å². The van der Waals surface area contributed by atoms with Crippen molar-refractivity contribution >= 4 is 0 Å². The smallest absolute Gasteiger partial charge is 0.0669 e. The van der Waals surface area contributed by atoms with Gasteiger partial charge in [0.15, 0.2) is 0 Å². The van der Waals surface area contributed by atoms with Crippen molar-refractivity contribution in [1.82, 2.24) is 5.32 Å². The Morgan fingerprint density at radius 3 is 2.50 bits per heavy atom. The molecule has 14 heavy (non-hydrogen) atoms. The van der Waals surface area contributed by atoms with E-state index in [0.29, 0.717) is 17.5 Å². The van der Waals surface area contributed by atoms with Crippen molar-refractivity contribution in [2.45, 2.75) is 59.0 Å². The average molecular weight is 194 g/mol. The van der Waals surface area contributed by atoms with Crippen LogP contribution in [0.15, 0.2) is 0 Å². The van der Waals surface area contributed by atoms with Gasteiger partial charge >= 0.3 is 0 Å². The third-order valence-corrected chi connectivity index (χ3v) is 3.42. The molecule has 0 radical (unpaired) electrons. The van der Waals surface area contributed by atoms with Gasteiger partial charge in [0.1, 0.15) is 0 Å². The van der Waals surface area contributed by atoms with Crippen LogP contribution in [-0.2, 0) is 0 Å². The lowest BCUT2D eigenvalue weighted by atomic mass is 9.91. The first kappa shape index (κ1) is 11.5. The van der Waals surface area contributed by atoms with E-state index in [-0.39, 0.29) is 5.92 Å². The summed E-state index contributed by atoms with van der Waals surface area (Å²) < 4.78 is 0. The van der Waals surface area contributed by atoms with E-state index in [1.165, 1.54) is 19.3 Å². The van der Waals surface area contributed by atoms with E-state index in [1.807, 2.05) is 6.92 Å². The highest BCUT2D eigenvalue weighted by molar-refractivity contribution is 4.92. The molecule has 0 spiro atoms. The number of nitrogens with one attached hydrogen (secondary N) is 1. The summed E-state index contributed by atoms with van der Waals surface area (Å²) in [5, 5.41) is 12.4. The van der Waals surface area contributed by atoms with Gasteiger partial charge in [0.05, 0.1) is 12.0 Å². The fourth-order valence-electron chi connectivity index (χ4n) is 2.21. The maximum atomic E-state index is 8.79. The van der Waals surface area contributed by atoms with Crippen LogP contribution in [0.3, 0.4) is 0 Å². The number of hydrogen-bond donors (Lipinski definition) is 1. The molecule has 1 N–H and O–H groups in total. The van der Waals surface area contributed by atoms with Crippen LogP contribution in [0, 0.1) is 22.7 Å². The highest BCUT2D eigenvalue weighted by Gasteiger charge is 2.31. The summed E-state index contributed by atoms with van der Waals surface area (Å²) in [7, 11) is 0. The van der Waals surface area contributed by atoms with Crippen LogP contribution in [0.1, 0.15) is 47.0 Å². The Kier molecular flexibility index (Phi) is 3.55. The molecule has 0 aromatic carbocycles. The van der Waals surface area contributed by atoms with E-state index in [2.05, 4.69) is 32.2 Å². The minimum absolute atomic E-state index is 0.110. The molecule has 0 saturated heterocycles. The normalized spacial score (nSPS) is 29.5. The van der Waals surface area contributed by atoms with Crippen LogP contribution < -0.4 is 5.32 Å². The molecular formula is C12H22N2. The minimum atomic E-state index is 0.110. The van der Waals surface area contributed by atoms with Crippen molar-refractivity contribution in [3.8, 4) is 6.07 Å². The zero-order valence-corrected chi connectivity index (χ0v) is 9.80. The molecule has 3 unspecified atom stereocenters. The van der Waals surface area contributed by atoms with Crippen molar-refractivity contribution in [2.24, 2.45) is 11.3 Å². The van der Waals surface area contributed by atoms with Gasteiger partial charge < -0.3 is 5.32 Å². The van der Waals surface area contributed by atoms with Crippen LogP contribution >= 0.6 is 0 Å². The molecular weight excluding hydrogens is 172 g/mol. The maximum absolute atomic E-state index is 8.79. The molecule has 0 heterocycles. The highest BCUT2D eigenvalue weighted by Crippen LogP contribution is 2.37. The van der Waals surface area contributed by atoms with E-state index in [9.17, 15) is 0 Å². The molecule has 0 amide bonds. The number of nitriles is 1. The van der Waals surface area contributed by atoms with Gasteiger partial charge in [-0.3, -0.25) is 0 Å². The Balaban J connectivity index is 2.37. The first-order chi connectivity index (χ1) is 6.44. The minimum Gasteiger partial charge on any atom is -0.310 e. The quantitative estimate of drug-likeness (QED) is 0.750. The van der Waals surface area contributed by atoms with Gasteiger partial charge in [0, 0.05) is 12.1 Å². The Morgan fingerprint density at radius 2 is 2.07 bits per heavy atom. The van der Waals surface area contributed by atoms with Crippen LogP contribution in [0.2, 0.25) is 0 Å². The molecule has 1 aliphatic rings. The van der Waals surface area contributed by atoms with Crippen molar-refractivity contribution < 1.29 is 0 Å². The van der Waals surface area contributed by atoms with E-state index >= 15 is 0 Å². The van der Waals surface area contributed by atoms with E-state index in [0.717, 1.165) is 0 Å². The number of hydrogen-bond acceptors (Lipinski definition) is 2. The summed E-state index contributed by atoms with van der Waals surface area (Å²) in [6.45, 7) is 8.75. The summed E-state index contributed by atoms with van der Waals surface area (Å²) in [5.74, 6) is 0.110. The predicted octanol–water partition coefficient (Wildman–Crippen LogP) is 2.70. The molecule has 0 aliphatic heterocycles. The summed E-state index contributed by atoms with van der Waals surface area (Å²) >= 11 is 0. The summed E-state index contributed by atoms with van der Waals surface area (Å²) in [5.41, 5.74) is 0.493. The number of nitrogens with zero attached hydrogens (tertiary/aromatic N) is 1. The summed E-state index contributed by atoms with van der Waals surface area (Å²) in [6, 6.07) is 3.24. The molecule has 1 aliphatic carbocycles. The van der Waals surface area contributed by atoms with E-state index < -0.39 is 0 Å². The fourth-order valence-corrected chi connectivity index (χ4v) is 2.21. The Bertz CT molecular complexity index is 227. The lowest BCUT2D eigenvalue weighted by molar-refractivity contribution is 0.343. The van der Waals surface area contributed by atoms with Crippen LogP contribution in [0.4, 0.5) is 0 Å². The highest BCUT2D eigenvalue weighted by atomic mass is 15.0. The standard InChI is InChI=1S/C12H22N2/c1-9(8-13)10(2)14-11-5-6-12(3,4)7-11/h9-11,14H,5-7H2,1-4H3. The molecule has 0 bridgehead atoms. The van der Waals surface area contributed by atoms with Gasteiger partial charge in [-0.1, -0.05) is 13.8 Å². The lowest BCUT2D eigenvalue weighted by Crippen LogP contribution is -2.38. The van der Waals surface area contributed by atoms with Gasteiger partial charge in [0.25, 0.3) is 0 Å². The Labute approximate surface area is 87.7 Å². The van der Waals surface area contributed by atoms with E-state index in [1.54, 1.807) is 0 Å². The van der Waals surface area contributed by atoms with Crippen LogP contribution in [-0.4, -0.2) is 12.1 Å². The molecule has 0 aromatic rings. The van der Waals surface area contributed by atoms with Gasteiger partial charge in [-0.15, -0.1) is 0 Å². The molecule has 0 aromatic heterocycles. The fraction of sp³-hybridized carbons (Fsp3) is 0.917. The molecule has 2 nitrogen and oxygen atoms in total. The summed E-state index contributed by atoms with van der Waals surface area (Å²) in [6.07, 6.45) is 3.81. The second-order valence-electron chi connectivity index (χ2n) is 5.48. The monoisotopic (exact) mass is 194 g/mol. The van der Waals surface area contributed by atoms with Gasteiger partial charge in [-0.25, -0.2) is 0 Å². The molecule has 3 atom stereocenters. The predicted molar refractivity (Wildman–Crippen MR) is 58.8 cm³/mol. The SMILES string of the molecule is CC(C#N)C(C)NC1CCC(C)(C)C1. The molecule has 1 fully saturated rings. The first-order valence-electron chi connectivity index (χ1n) is 5.60. The molecule has 2 heteroatoms.